The number of methoxy groups -OCH3 is 2. The van der Waals surface area contributed by atoms with Crippen LogP contribution in [0.5, 0.6) is 17.2 Å². The van der Waals surface area contributed by atoms with Crippen LogP contribution in [0.3, 0.4) is 0 Å². The second-order valence-corrected chi connectivity index (χ2v) is 3.19. The summed E-state index contributed by atoms with van der Waals surface area (Å²) in [6, 6.07) is 3.37. The van der Waals surface area contributed by atoms with Gasteiger partial charge in [0, 0.05) is 6.07 Å². The first-order valence-electron chi connectivity index (χ1n) is 4.81. The molecule has 0 saturated heterocycles. The van der Waals surface area contributed by atoms with Crippen molar-refractivity contribution in [1.82, 2.24) is 5.32 Å². The van der Waals surface area contributed by atoms with E-state index in [1.54, 1.807) is 19.2 Å². The summed E-state index contributed by atoms with van der Waals surface area (Å²) in [5, 5.41) is 12.6. The molecule has 1 aromatic rings. The van der Waals surface area contributed by atoms with Crippen molar-refractivity contribution in [3.8, 4) is 17.2 Å². The van der Waals surface area contributed by atoms with Crippen LogP contribution in [0.15, 0.2) is 12.1 Å². The molecule has 84 valence electrons. The van der Waals surface area contributed by atoms with Gasteiger partial charge in [-0.25, -0.2) is 0 Å². The number of aromatic hydroxyl groups is 1. The summed E-state index contributed by atoms with van der Waals surface area (Å²) in [5.41, 5.74) is 1.02. The zero-order valence-corrected chi connectivity index (χ0v) is 9.33. The van der Waals surface area contributed by atoms with E-state index in [0.717, 1.165) is 18.5 Å². The Balaban J connectivity index is 2.99. The van der Waals surface area contributed by atoms with E-state index in [-0.39, 0.29) is 5.75 Å². The van der Waals surface area contributed by atoms with Gasteiger partial charge in [0.25, 0.3) is 0 Å². The normalized spacial score (nSPS) is 10.1. The fourth-order valence-electron chi connectivity index (χ4n) is 1.40. The molecule has 0 aliphatic rings. The Hall–Kier alpha value is -1.42. The van der Waals surface area contributed by atoms with Gasteiger partial charge in [0.2, 0.25) is 0 Å². The van der Waals surface area contributed by atoms with Crippen molar-refractivity contribution in [3.05, 3.63) is 17.7 Å². The minimum absolute atomic E-state index is 0.0996. The van der Waals surface area contributed by atoms with Crippen LogP contribution in [-0.2, 0) is 6.42 Å². The molecule has 0 bridgehead atoms. The van der Waals surface area contributed by atoms with Crippen LogP contribution >= 0.6 is 0 Å². The summed E-state index contributed by atoms with van der Waals surface area (Å²) < 4.78 is 10.2. The third-order valence-electron chi connectivity index (χ3n) is 2.23. The number of ether oxygens (including phenoxy) is 2. The van der Waals surface area contributed by atoms with Crippen LogP contribution in [0, 0.1) is 0 Å². The monoisotopic (exact) mass is 211 g/mol. The largest absolute Gasteiger partial charge is 0.504 e. The number of nitrogens with one attached hydrogen (secondary N) is 1. The maximum atomic E-state index is 9.55. The van der Waals surface area contributed by atoms with E-state index < -0.39 is 0 Å². The van der Waals surface area contributed by atoms with E-state index >= 15 is 0 Å². The van der Waals surface area contributed by atoms with Crippen molar-refractivity contribution in [2.75, 3.05) is 27.8 Å². The molecule has 0 fully saturated rings. The van der Waals surface area contributed by atoms with Gasteiger partial charge in [-0.15, -0.1) is 0 Å². The first kappa shape index (κ1) is 11.7. The highest BCUT2D eigenvalue weighted by Gasteiger charge is 2.09. The minimum atomic E-state index is 0.0996. The van der Waals surface area contributed by atoms with Crippen LogP contribution in [-0.4, -0.2) is 32.9 Å². The topological polar surface area (TPSA) is 50.7 Å². The highest BCUT2D eigenvalue weighted by atomic mass is 16.5. The first-order chi connectivity index (χ1) is 7.22. The minimum Gasteiger partial charge on any atom is -0.504 e. The molecular formula is C11H17NO3. The van der Waals surface area contributed by atoms with E-state index in [1.165, 1.54) is 7.11 Å². The smallest absolute Gasteiger partial charge is 0.161 e. The zero-order valence-electron chi connectivity index (χ0n) is 9.33. The lowest BCUT2D eigenvalue weighted by Gasteiger charge is -2.11. The number of hydrogen-bond acceptors (Lipinski definition) is 4. The number of phenolic OH excluding ortho intramolecular Hbond substituents is 1. The molecule has 15 heavy (non-hydrogen) atoms. The lowest BCUT2D eigenvalue weighted by atomic mass is 10.1. The molecule has 0 aliphatic carbocycles. The van der Waals surface area contributed by atoms with E-state index in [4.69, 9.17) is 9.47 Å². The summed E-state index contributed by atoms with van der Waals surface area (Å²) in [6.45, 7) is 0.851. The molecule has 4 nitrogen and oxygen atoms in total. The van der Waals surface area contributed by atoms with Gasteiger partial charge in [-0.2, -0.15) is 0 Å². The van der Waals surface area contributed by atoms with Gasteiger partial charge in [-0.05, 0) is 31.6 Å². The molecule has 0 atom stereocenters. The Kier molecular flexibility index (Phi) is 4.24. The van der Waals surface area contributed by atoms with Gasteiger partial charge < -0.3 is 19.9 Å². The van der Waals surface area contributed by atoms with Crippen LogP contribution in [0.2, 0.25) is 0 Å². The molecule has 0 heterocycles. The van der Waals surface area contributed by atoms with Gasteiger partial charge in [-0.3, -0.25) is 0 Å². The van der Waals surface area contributed by atoms with E-state index in [9.17, 15) is 5.11 Å². The van der Waals surface area contributed by atoms with Gasteiger partial charge in [0.1, 0.15) is 5.75 Å². The molecule has 1 rings (SSSR count). The van der Waals surface area contributed by atoms with E-state index in [2.05, 4.69) is 5.32 Å². The third kappa shape index (κ3) is 2.76. The SMILES string of the molecule is CNCCc1cc(OC)c(O)cc1OC. The predicted molar refractivity (Wildman–Crippen MR) is 58.8 cm³/mol. The molecule has 0 radical (unpaired) electrons. The van der Waals surface area contributed by atoms with Gasteiger partial charge in [0.05, 0.1) is 14.2 Å². The first-order valence-corrected chi connectivity index (χ1v) is 4.81. The van der Waals surface area contributed by atoms with Crippen molar-refractivity contribution < 1.29 is 14.6 Å². The zero-order chi connectivity index (χ0) is 11.3. The van der Waals surface area contributed by atoms with Gasteiger partial charge in [-0.1, -0.05) is 0 Å². The Bertz CT molecular complexity index is 326. The van der Waals surface area contributed by atoms with Crippen molar-refractivity contribution in [3.63, 3.8) is 0 Å². The van der Waals surface area contributed by atoms with Crippen molar-refractivity contribution in [2.45, 2.75) is 6.42 Å². The summed E-state index contributed by atoms with van der Waals surface area (Å²) in [6.07, 6.45) is 0.830. The molecule has 0 amide bonds. The standard InChI is InChI=1S/C11H17NO3/c1-12-5-4-8-6-11(15-3)9(13)7-10(8)14-2/h6-7,12-13H,4-5H2,1-3H3. The van der Waals surface area contributed by atoms with Crippen LogP contribution in [0.25, 0.3) is 0 Å². The number of hydrogen-bond donors (Lipinski definition) is 2. The summed E-state index contributed by atoms with van der Waals surface area (Å²) in [5.74, 6) is 1.26. The number of benzene rings is 1. The average Bonchev–Trinajstić information content (AvgIpc) is 2.26. The number of phenols is 1. The lowest BCUT2D eigenvalue weighted by molar-refractivity contribution is 0.363. The summed E-state index contributed by atoms with van der Waals surface area (Å²) in [7, 11) is 5.01. The Labute approximate surface area is 89.8 Å². The second kappa shape index (κ2) is 5.46. The Morgan fingerprint density at radius 2 is 1.87 bits per heavy atom. The van der Waals surface area contributed by atoms with Crippen LogP contribution in [0.1, 0.15) is 5.56 Å². The van der Waals surface area contributed by atoms with Crippen molar-refractivity contribution >= 4 is 0 Å². The Morgan fingerprint density at radius 1 is 1.20 bits per heavy atom. The van der Waals surface area contributed by atoms with Crippen molar-refractivity contribution in [1.29, 1.82) is 0 Å². The second-order valence-electron chi connectivity index (χ2n) is 3.19. The van der Waals surface area contributed by atoms with Crippen LogP contribution in [0.4, 0.5) is 0 Å². The molecule has 0 aromatic heterocycles. The average molecular weight is 211 g/mol. The van der Waals surface area contributed by atoms with Gasteiger partial charge in [0.15, 0.2) is 11.5 Å². The fourth-order valence-corrected chi connectivity index (χ4v) is 1.40. The van der Waals surface area contributed by atoms with Crippen LogP contribution < -0.4 is 14.8 Å². The van der Waals surface area contributed by atoms with Crippen molar-refractivity contribution in [2.24, 2.45) is 0 Å². The van der Waals surface area contributed by atoms with Gasteiger partial charge >= 0.3 is 0 Å². The highest BCUT2D eigenvalue weighted by Crippen LogP contribution is 2.33. The number of likely N-dealkylation sites (N-methyl/N-ethyl adjacent to an activating group) is 1. The molecule has 2 N–H and O–H groups in total. The molecule has 0 saturated carbocycles. The molecule has 0 aliphatic heterocycles. The maximum absolute atomic E-state index is 9.55. The molecule has 4 heteroatoms. The van der Waals surface area contributed by atoms with E-state index in [0.29, 0.717) is 11.5 Å². The fraction of sp³-hybridized carbons (Fsp3) is 0.455. The summed E-state index contributed by atoms with van der Waals surface area (Å²) >= 11 is 0. The number of rotatable bonds is 5. The highest BCUT2D eigenvalue weighted by molar-refractivity contribution is 5.49. The third-order valence-corrected chi connectivity index (χ3v) is 2.23. The molecular weight excluding hydrogens is 194 g/mol. The molecule has 0 unspecified atom stereocenters. The maximum Gasteiger partial charge on any atom is 0.161 e. The summed E-state index contributed by atoms with van der Waals surface area (Å²) in [4.78, 5) is 0. The quantitative estimate of drug-likeness (QED) is 0.767. The lowest BCUT2D eigenvalue weighted by Crippen LogP contribution is -2.11. The molecule has 1 aromatic carbocycles. The molecule has 0 spiro atoms. The Morgan fingerprint density at radius 3 is 2.40 bits per heavy atom. The van der Waals surface area contributed by atoms with E-state index in [1.807, 2.05) is 7.05 Å². The predicted octanol–water partition coefficient (Wildman–Crippen LogP) is 1.17.